The van der Waals surface area contributed by atoms with Crippen LogP contribution in [0, 0.1) is 6.92 Å². The second-order valence-corrected chi connectivity index (χ2v) is 6.44. The molecule has 1 aliphatic rings. The van der Waals surface area contributed by atoms with Crippen LogP contribution >= 0.6 is 0 Å². The number of hydrogen-bond acceptors (Lipinski definition) is 4. The zero-order valence-corrected chi connectivity index (χ0v) is 14.9. The van der Waals surface area contributed by atoms with Gasteiger partial charge in [-0.2, -0.15) is 0 Å². The van der Waals surface area contributed by atoms with E-state index in [0.717, 1.165) is 42.6 Å². The fraction of sp³-hybridized carbons (Fsp3) is 0.474. The van der Waals surface area contributed by atoms with Crippen LogP contribution in [0.3, 0.4) is 0 Å². The Balaban J connectivity index is 1.89. The molecule has 0 saturated heterocycles. The Morgan fingerprint density at radius 2 is 2.24 bits per heavy atom. The van der Waals surface area contributed by atoms with Gasteiger partial charge in [-0.25, -0.2) is 4.79 Å². The smallest absolute Gasteiger partial charge is 0.339 e. The molecule has 134 valence electrons. The lowest BCUT2D eigenvalue weighted by molar-refractivity contribution is 0.0599. The fourth-order valence-corrected chi connectivity index (χ4v) is 3.62. The van der Waals surface area contributed by atoms with Crippen LogP contribution in [-0.2, 0) is 17.6 Å². The molecule has 25 heavy (non-hydrogen) atoms. The molecule has 1 atom stereocenters. The van der Waals surface area contributed by atoms with Crippen molar-refractivity contribution in [1.29, 1.82) is 0 Å². The van der Waals surface area contributed by atoms with Gasteiger partial charge in [-0.3, -0.25) is 4.79 Å². The summed E-state index contributed by atoms with van der Waals surface area (Å²) in [5, 5.41) is 3.09. The van der Waals surface area contributed by atoms with E-state index in [0.29, 0.717) is 23.4 Å². The Kier molecular flexibility index (Phi) is 4.97. The van der Waals surface area contributed by atoms with E-state index in [1.54, 1.807) is 13.2 Å². The molecule has 2 heterocycles. The Bertz CT molecular complexity index is 787. The van der Waals surface area contributed by atoms with Crippen molar-refractivity contribution >= 4 is 11.9 Å². The quantitative estimate of drug-likeness (QED) is 0.814. The van der Waals surface area contributed by atoms with Gasteiger partial charge >= 0.3 is 5.97 Å². The second kappa shape index (κ2) is 7.17. The Morgan fingerprint density at radius 1 is 1.44 bits per heavy atom. The van der Waals surface area contributed by atoms with E-state index < -0.39 is 5.97 Å². The van der Waals surface area contributed by atoms with Crippen molar-refractivity contribution in [2.45, 2.75) is 52.0 Å². The number of nitrogens with one attached hydrogen (secondary N) is 2. The van der Waals surface area contributed by atoms with Crippen molar-refractivity contribution in [3.63, 3.8) is 0 Å². The standard InChI is InChI=1S/C19H24N2O4/c1-4-6-13-16(19(23)24-3)11(2)20-17(13)18(22)21-14-7-5-8-15-12(14)9-10-25-15/h9-10,14,20H,4-8H2,1-3H3,(H,21,22). The first-order valence-corrected chi connectivity index (χ1v) is 8.73. The number of H-pyrrole nitrogens is 1. The van der Waals surface area contributed by atoms with Crippen molar-refractivity contribution in [2.75, 3.05) is 7.11 Å². The van der Waals surface area contributed by atoms with E-state index >= 15 is 0 Å². The van der Waals surface area contributed by atoms with Gasteiger partial charge in [0, 0.05) is 17.7 Å². The van der Waals surface area contributed by atoms with Gasteiger partial charge in [-0.05, 0) is 37.8 Å². The topological polar surface area (TPSA) is 84.3 Å². The van der Waals surface area contributed by atoms with Crippen LogP contribution in [0.4, 0.5) is 0 Å². The molecular weight excluding hydrogens is 320 g/mol. The molecule has 0 radical (unpaired) electrons. The highest BCUT2D eigenvalue weighted by molar-refractivity contribution is 6.00. The maximum absolute atomic E-state index is 12.9. The Morgan fingerprint density at radius 3 is 2.96 bits per heavy atom. The molecule has 2 aromatic heterocycles. The lowest BCUT2D eigenvalue weighted by Gasteiger charge is -2.22. The molecule has 0 bridgehead atoms. The molecule has 1 unspecified atom stereocenters. The SMILES string of the molecule is CCCc1c(C(=O)NC2CCCc3occc32)[nH]c(C)c1C(=O)OC. The Labute approximate surface area is 146 Å². The number of amides is 1. The first-order valence-electron chi connectivity index (χ1n) is 8.73. The number of aryl methyl sites for hydroxylation is 2. The zero-order valence-electron chi connectivity index (χ0n) is 14.9. The monoisotopic (exact) mass is 344 g/mol. The lowest BCUT2D eigenvalue weighted by Crippen LogP contribution is -2.31. The molecule has 1 amide bonds. The second-order valence-electron chi connectivity index (χ2n) is 6.44. The van der Waals surface area contributed by atoms with Gasteiger partial charge in [0.1, 0.15) is 11.5 Å². The molecule has 6 heteroatoms. The van der Waals surface area contributed by atoms with Crippen molar-refractivity contribution < 1.29 is 18.7 Å². The van der Waals surface area contributed by atoms with E-state index in [-0.39, 0.29) is 11.9 Å². The van der Waals surface area contributed by atoms with Gasteiger partial charge in [0.2, 0.25) is 0 Å². The number of aromatic amines is 1. The summed E-state index contributed by atoms with van der Waals surface area (Å²) in [4.78, 5) is 28.1. The summed E-state index contributed by atoms with van der Waals surface area (Å²) in [5.41, 5.74) is 3.37. The maximum Gasteiger partial charge on any atom is 0.339 e. The molecular formula is C19H24N2O4. The molecule has 0 saturated carbocycles. The maximum atomic E-state index is 12.9. The highest BCUT2D eigenvalue weighted by atomic mass is 16.5. The summed E-state index contributed by atoms with van der Waals surface area (Å²) in [7, 11) is 1.35. The van der Waals surface area contributed by atoms with E-state index in [2.05, 4.69) is 10.3 Å². The van der Waals surface area contributed by atoms with Crippen LogP contribution in [0.15, 0.2) is 16.7 Å². The predicted molar refractivity (Wildman–Crippen MR) is 92.7 cm³/mol. The van der Waals surface area contributed by atoms with E-state index in [4.69, 9.17) is 9.15 Å². The minimum Gasteiger partial charge on any atom is -0.469 e. The van der Waals surface area contributed by atoms with Crippen molar-refractivity contribution in [1.82, 2.24) is 10.3 Å². The average molecular weight is 344 g/mol. The van der Waals surface area contributed by atoms with Gasteiger partial charge in [-0.15, -0.1) is 0 Å². The number of ether oxygens (including phenoxy) is 1. The minimum absolute atomic E-state index is 0.0605. The number of carbonyl (C=O) groups is 2. The molecule has 2 N–H and O–H groups in total. The Hall–Kier alpha value is -2.50. The van der Waals surface area contributed by atoms with Crippen LogP contribution in [-0.4, -0.2) is 24.0 Å². The number of methoxy groups -OCH3 is 1. The van der Waals surface area contributed by atoms with E-state index in [1.165, 1.54) is 7.11 Å². The number of furan rings is 1. The number of rotatable bonds is 5. The number of hydrogen-bond donors (Lipinski definition) is 2. The zero-order chi connectivity index (χ0) is 18.0. The van der Waals surface area contributed by atoms with Gasteiger partial charge in [0.05, 0.1) is 25.0 Å². The molecule has 2 aromatic rings. The van der Waals surface area contributed by atoms with Crippen molar-refractivity contribution in [3.8, 4) is 0 Å². The predicted octanol–water partition coefficient (Wildman–Crippen LogP) is 3.46. The van der Waals surface area contributed by atoms with Crippen LogP contribution < -0.4 is 5.32 Å². The number of carbonyl (C=O) groups excluding carboxylic acids is 2. The van der Waals surface area contributed by atoms with Crippen LogP contribution in [0.2, 0.25) is 0 Å². The van der Waals surface area contributed by atoms with Crippen molar-refractivity contribution in [3.05, 3.63) is 46.2 Å². The largest absolute Gasteiger partial charge is 0.469 e. The lowest BCUT2D eigenvalue weighted by atomic mass is 9.93. The van der Waals surface area contributed by atoms with Crippen LogP contribution in [0.1, 0.15) is 75.7 Å². The summed E-state index contributed by atoms with van der Waals surface area (Å²) < 4.78 is 10.4. The highest BCUT2D eigenvalue weighted by Gasteiger charge is 2.28. The molecule has 0 aromatic carbocycles. The van der Waals surface area contributed by atoms with Crippen LogP contribution in [0.25, 0.3) is 0 Å². The molecule has 0 spiro atoms. The average Bonchev–Trinajstić information content (AvgIpc) is 3.20. The van der Waals surface area contributed by atoms with E-state index in [9.17, 15) is 9.59 Å². The van der Waals surface area contributed by atoms with Gasteiger partial charge in [0.25, 0.3) is 5.91 Å². The molecule has 0 fully saturated rings. The summed E-state index contributed by atoms with van der Waals surface area (Å²) in [6, 6.07) is 1.86. The normalized spacial score (nSPS) is 16.4. The van der Waals surface area contributed by atoms with Gasteiger partial charge in [-0.1, -0.05) is 13.3 Å². The van der Waals surface area contributed by atoms with Gasteiger partial charge in [0.15, 0.2) is 0 Å². The molecule has 1 aliphatic carbocycles. The molecule has 3 rings (SSSR count). The summed E-state index contributed by atoms with van der Waals surface area (Å²) in [6.07, 6.45) is 5.90. The molecule has 0 aliphatic heterocycles. The number of fused-ring (bicyclic) bond motifs is 1. The van der Waals surface area contributed by atoms with Crippen molar-refractivity contribution in [2.24, 2.45) is 0 Å². The first kappa shape index (κ1) is 17.3. The third kappa shape index (κ3) is 3.21. The third-order valence-corrected chi connectivity index (χ3v) is 4.76. The first-order chi connectivity index (χ1) is 12.1. The van der Waals surface area contributed by atoms with Crippen LogP contribution in [0.5, 0.6) is 0 Å². The summed E-state index contributed by atoms with van der Waals surface area (Å²) >= 11 is 0. The summed E-state index contributed by atoms with van der Waals surface area (Å²) in [6.45, 7) is 3.81. The summed E-state index contributed by atoms with van der Waals surface area (Å²) in [5.74, 6) is 0.343. The number of esters is 1. The van der Waals surface area contributed by atoms with E-state index in [1.807, 2.05) is 13.0 Å². The fourth-order valence-electron chi connectivity index (χ4n) is 3.62. The highest BCUT2D eigenvalue weighted by Crippen LogP contribution is 2.31. The molecule has 6 nitrogen and oxygen atoms in total. The van der Waals surface area contributed by atoms with Gasteiger partial charge < -0.3 is 19.5 Å². The third-order valence-electron chi connectivity index (χ3n) is 4.76. The minimum atomic E-state index is -0.411. The number of aromatic nitrogens is 1.